The second kappa shape index (κ2) is 14.2. The van der Waals surface area contributed by atoms with E-state index in [0.717, 1.165) is 0 Å². The Balaban J connectivity index is 1.73. The second-order valence-corrected chi connectivity index (χ2v) is 11.0. The van der Waals surface area contributed by atoms with Gasteiger partial charge in [-0.15, -0.1) is 0 Å². The van der Waals surface area contributed by atoms with Gasteiger partial charge in [0, 0.05) is 37.3 Å². The van der Waals surface area contributed by atoms with Crippen LogP contribution in [0.15, 0.2) is 48.0 Å². The molecule has 3 N–H and O–H groups in total. The van der Waals surface area contributed by atoms with E-state index in [1.54, 1.807) is 18.2 Å². The molecule has 12 heteroatoms. The van der Waals surface area contributed by atoms with E-state index in [9.17, 15) is 29.0 Å². The minimum atomic E-state index is -1.28. The van der Waals surface area contributed by atoms with Crippen LogP contribution in [0.4, 0.5) is 4.39 Å². The van der Waals surface area contributed by atoms with Crippen molar-refractivity contribution >= 4 is 40.7 Å². The Morgan fingerprint density at radius 2 is 2.02 bits per heavy atom. The molecule has 1 aliphatic heterocycles. The van der Waals surface area contributed by atoms with E-state index < -0.39 is 35.9 Å². The van der Waals surface area contributed by atoms with Gasteiger partial charge in [0.15, 0.2) is 11.5 Å². The summed E-state index contributed by atoms with van der Waals surface area (Å²) in [5.74, 6) is -1.06. The van der Waals surface area contributed by atoms with Gasteiger partial charge in [0.1, 0.15) is 24.3 Å². The molecular weight excluding hydrogens is 650 g/mol. The number of hydrogen-bond acceptors (Lipinski definition) is 8. The predicted octanol–water partition coefficient (Wildman–Crippen LogP) is 2.23. The van der Waals surface area contributed by atoms with E-state index in [4.69, 9.17) is 14.2 Å². The fourth-order valence-corrected chi connectivity index (χ4v) is 5.70. The average Bonchev–Trinajstić information content (AvgIpc) is 3.52. The molecule has 0 saturated carbocycles. The van der Waals surface area contributed by atoms with Crippen molar-refractivity contribution in [2.75, 3.05) is 33.5 Å². The minimum absolute atomic E-state index is 0.0110. The van der Waals surface area contributed by atoms with Gasteiger partial charge >= 0.3 is 0 Å². The van der Waals surface area contributed by atoms with Gasteiger partial charge < -0.3 is 34.6 Å². The maximum Gasteiger partial charge on any atom is 0.247 e. The molecule has 41 heavy (non-hydrogen) atoms. The number of hydrogen-bond donors (Lipinski definition) is 3. The highest BCUT2D eigenvalue weighted by molar-refractivity contribution is 14.1. The van der Waals surface area contributed by atoms with Crippen LogP contribution in [-0.4, -0.2) is 84.9 Å². The first-order chi connectivity index (χ1) is 19.7. The van der Waals surface area contributed by atoms with Crippen molar-refractivity contribution in [1.29, 1.82) is 0 Å². The van der Waals surface area contributed by atoms with Gasteiger partial charge in [-0.3, -0.25) is 14.4 Å². The molecule has 1 fully saturated rings. The van der Waals surface area contributed by atoms with Crippen LogP contribution >= 0.6 is 22.6 Å². The quantitative estimate of drug-likeness (QED) is 0.243. The number of aliphatic hydroxyl groups is 2. The van der Waals surface area contributed by atoms with Crippen molar-refractivity contribution in [1.82, 2.24) is 10.2 Å². The highest BCUT2D eigenvalue weighted by Gasteiger charge is 2.42. The van der Waals surface area contributed by atoms with E-state index in [-0.39, 0.29) is 55.7 Å². The summed E-state index contributed by atoms with van der Waals surface area (Å²) >= 11 is 1.99. The molecule has 0 aromatic heterocycles. The van der Waals surface area contributed by atoms with Crippen molar-refractivity contribution in [3.05, 3.63) is 68.6 Å². The molecular formula is C29H32FIN2O8. The number of nitrogens with zero attached hydrogens (tertiary/aromatic N) is 1. The molecule has 220 valence electrons. The monoisotopic (exact) mass is 682 g/mol. The normalized spacial score (nSPS) is 22.0. The molecule has 4 rings (SSSR count). The lowest BCUT2D eigenvalue weighted by Gasteiger charge is -2.41. The van der Waals surface area contributed by atoms with Crippen LogP contribution in [0.3, 0.4) is 0 Å². The third kappa shape index (κ3) is 7.42. The maximum absolute atomic E-state index is 13.8. The van der Waals surface area contributed by atoms with Crippen LogP contribution in [0.5, 0.6) is 11.5 Å². The molecule has 1 saturated heterocycles. The Morgan fingerprint density at radius 1 is 1.27 bits per heavy atom. The molecule has 2 amide bonds. The molecule has 2 aliphatic rings. The summed E-state index contributed by atoms with van der Waals surface area (Å²) in [4.78, 5) is 39.8. The third-order valence-electron chi connectivity index (χ3n) is 7.08. The van der Waals surface area contributed by atoms with Crippen LogP contribution in [0, 0.1) is 15.3 Å². The lowest BCUT2D eigenvalue weighted by Crippen LogP contribution is -2.56. The summed E-state index contributed by atoms with van der Waals surface area (Å²) in [6, 6.07) is 7.93. The predicted molar refractivity (Wildman–Crippen MR) is 154 cm³/mol. The van der Waals surface area contributed by atoms with Crippen LogP contribution in [-0.2, 0) is 20.9 Å². The fourth-order valence-electron chi connectivity index (χ4n) is 4.95. The molecule has 0 bridgehead atoms. The number of aldehydes is 1. The van der Waals surface area contributed by atoms with Gasteiger partial charge in [0.2, 0.25) is 11.8 Å². The Kier molecular flexibility index (Phi) is 10.7. The SMILES string of the molecule is COc1cc(C=O)cc(I)c1O[C@H]1C=C(C(=O)NCCO)C[C@@H](N(Cc2ccc(F)cc2)C(=O)C2CCOC2)[C@@H]1O. The first-order valence-corrected chi connectivity index (χ1v) is 14.2. The number of ether oxygens (including phenoxy) is 3. The summed E-state index contributed by atoms with van der Waals surface area (Å²) in [6.07, 6.45) is 0.334. The van der Waals surface area contributed by atoms with Crippen molar-refractivity contribution in [3.8, 4) is 11.5 Å². The Bertz CT molecular complexity index is 1280. The van der Waals surface area contributed by atoms with Crippen molar-refractivity contribution < 1.29 is 43.2 Å². The standard InChI is InChI=1S/C29H32FIN2O8/c1-39-25-11-18(15-35)10-22(31)27(25)41-24-13-20(28(37)32-7-8-34)12-23(26(24)36)33(29(38)19-6-9-40-16-19)14-17-2-4-21(30)5-3-17/h2-5,10-11,13,15,19,23-24,26,34,36H,6-9,12,14,16H2,1H3,(H,32,37)/t19?,23-,24+,26+/m1/s1. The zero-order chi connectivity index (χ0) is 29.5. The Labute approximate surface area is 250 Å². The summed E-state index contributed by atoms with van der Waals surface area (Å²) in [5, 5.41) is 23.5. The molecule has 4 atom stereocenters. The maximum atomic E-state index is 13.8. The number of halogens is 2. The number of aliphatic hydroxyl groups excluding tert-OH is 2. The molecule has 1 unspecified atom stereocenters. The fraction of sp³-hybridized carbons (Fsp3) is 0.414. The summed E-state index contributed by atoms with van der Waals surface area (Å²) in [6.45, 7) is 0.486. The molecule has 2 aromatic carbocycles. The van der Waals surface area contributed by atoms with Gasteiger partial charge in [0.25, 0.3) is 0 Å². The van der Waals surface area contributed by atoms with E-state index in [0.29, 0.717) is 34.0 Å². The third-order valence-corrected chi connectivity index (χ3v) is 7.89. The van der Waals surface area contributed by atoms with Crippen LogP contribution < -0.4 is 14.8 Å². The average molecular weight is 682 g/mol. The van der Waals surface area contributed by atoms with E-state index in [1.807, 2.05) is 22.6 Å². The number of carbonyl (C=O) groups excluding carboxylic acids is 3. The number of carbonyl (C=O) groups is 3. The molecule has 10 nitrogen and oxygen atoms in total. The molecule has 1 heterocycles. The lowest BCUT2D eigenvalue weighted by molar-refractivity contribution is -0.143. The second-order valence-electron chi connectivity index (χ2n) is 9.82. The van der Waals surface area contributed by atoms with Crippen molar-refractivity contribution in [2.45, 2.75) is 37.6 Å². The first kappa shape index (κ1) is 30.9. The van der Waals surface area contributed by atoms with Gasteiger partial charge in [0.05, 0.1) is 35.9 Å². The molecule has 1 aliphatic carbocycles. The largest absolute Gasteiger partial charge is 0.493 e. The van der Waals surface area contributed by atoms with Gasteiger partial charge in [-0.2, -0.15) is 0 Å². The molecule has 0 radical (unpaired) electrons. The summed E-state index contributed by atoms with van der Waals surface area (Å²) in [7, 11) is 1.42. The minimum Gasteiger partial charge on any atom is -0.493 e. The van der Waals surface area contributed by atoms with Gasteiger partial charge in [-0.1, -0.05) is 12.1 Å². The van der Waals surface area contributed by atoms with E-state index in [2.05, 4.69) is 5.32 Å². The number of nitrogens with one attached hydrogen (secondary N) is 1. The van der Waals surface area contributed by atoms with Gasteiger partial charge in [-0.05, 0) is 64.9 Å². The van der Waals surface area contributed by atoms with Crippen LogP contribution in [0.1, 0.15) is 28.8 Å². The number of methoxy groups -OCH3 is 1. The highest BCUT2D eigenvalue weighted by atomic mass is 127. The van der Waals surface area contributed by atoms with Gasteiger partial charge in [-0.25, -0.2) is 4.39 Å². The lowest BCUT2D eigenvalue weighted by atomic mass is 9.87. The van der Waals surface area contributed by atoms with Crippen molar-refractivity contribution in [2.24, 2.45) is 5.92 Å². The zero-order valence-electron chi connectivity index (χ0n) is 22.4. The number of benzene rings is 2. The summed E-state index contributed by atoms with van der Waals surface area (Å²) in [5.41, 5.74) is 1.27. The zero-order valence-corrected chi connectivity index (χ0v) is 24.6. The topological polar surface area (TPSA) is 135 Å². The van der Waals surface area contributed by atoms with Crippen LogP contribution in [0.2, 0.25) is 0 Å². The number of rotatable bonds is 11. The van der Waals surface area contributed by atoms with Crippen molar-refractivity contribution in [3.63, 3.8) is 0 Å². The Morgan fingerprint density at radius 3 is 2.66 bits per heavy atom. The summed E-state index contributed by atoms with van der Waals surface area (Å²) < 4.78 is 31.3. The van der Waals surface area contributed by atoms with E-state index in [1.165, 1.54) is 36.3 Å². The number of amides is 2. The van der Waals surface area contributed by atoms with Crippen LogP contribution in [0.25, 0.3) is 0 Å². The molecule has 0 spiro atoms. The molecule has 2 aromatic rings. The smallest absolute Gasteiger partial charge is 0.247 e. The Hall–Kier alpha value is -3.07. The first-order valence-electron chi connectivity index (χ1n) is 13.2. The van der Waals surface area contributed by atoms with E-state index >= 15 is 0 Å². The highest BCUT2D eigenvalue weighted by Crippen LogP contribution is 2.37.